The lowest BCUT2D eigenvalue weighted by atomic mass is 9.93. The molecule has 100 valence electrons. The second-order valence-corrected chi connectivity index (χ2v) is 6.41. The third-order valence-electron chi connectivity index (χ3n) is 3.88. The summed E-state index contributed by atoms with van der Waals surface area (Å²) in [4.78, 5) is 2.56. The van der Waals surface area contributed by atoms with Crippen LogP contribution in [0.3, 0.4) is 0 Å². The average Bonchev–Trinajstić information content (AvgIpc) is 2.33. The molecule has 2 atom stereocenters. The van der Waals surface area contributed by atoms with Crippen LogP contribution in [0.2, 0.25) is 0 Å². The average molecular weight is 311 g/mol. The van der Waals surface area contributed by atoms with Gasteiger partial charge in [-0.2, -0.15) is 0 Å². The molecular weight excluding hydrogens is 288 g/mol. The summed E-state index contributed by atoms with van der Waals surface area (Å²) in [5.41, 5.74) is 8.48. The SMILES string of the molecule is CC1CCC(C)N(c2ccc(Br)cc2CCN)C1. The Bertz CT molecular complexity index is 405. The van der Waals surface area contributed by atoms with E-state index in [1.165, 1.54) is 30.6 Å². The monoisotopic (exact) mass is 310 g/mol. The highest BCUT2D eigenvalue weighted by Crippen LogP contribution is 2.31. The van der Waals surface area contributed by atoms with Gasteiger partial charge in [-0.3, -0.25) is 0 Å². The van der Waals surface area contributed by atoms with E-state index in [0.717, 1.165) is 16.8 Å². The van der Waals surface area contributed by atoms with Crippen LogP contribution in [0.25, 0.3) is 0 Å². The molecule has 0 aromatic heterocycles. The molecule has 1 heterocycles. The molecule has 0 spiro atoms. The van der Waals surface area contributed by atoms with Crippen molar-refractivity contribution in [3.8, 4) is 0 Å². The number of benzene rings is 1. The van der Waals surface area contributed by atoms with Gasteiger partial charge in [-0.05, 0) is 62.4 Å². The van der Waals surface area contributed by atoms with Crippen molar-refractivity contribution in [2.45, 2.75) is 39.2 Å². The van der Waals surface area contributed by atoms with Gasteiger partial charge < -0.3 is 10.6 Å². The van der Waals surface area contributed by atoms with Gasteiger partial charge in [0.1, 0.15) is 0 Å². The van der Waals surface area contributed by atoms with E-state index in [4.69, 9.17) is 5.73 Å². The maximum Gasteiger partial charge on any atom is 0.0402 e. The van der Waals surface area contributed by atoms with Crippen LogP contribution < -0.4 is 10.6 Å². The number of anilines is 1. The first-order valence-corrected chi connectivity index (χ1v) is 7.66. The largest absolute Gasteiger partial charge is 0.368 e. The van der Waals surface area contributed by atoms with Gasteiger partial charge in [-0.15, -0.1) is 0 Å². The first-order valence-electron chi connectivity index (χ1n) is 6.87. The minimum atomic E-state index is 0.638. The molecule has 0 amide bonds. The molecule has 2 unspecified atom stereocenters. The Morgan fingerprint density at radius 2 is 2.11 bits per heavy atom. The number of rotatable bonds is 3. The fourth-order valence-electron chi connectivity index (χ4n) is 2.81. The molecule has 1 aliphatic heterocycles. The number of hydrogen-bond donors (Lipinski definition) is 1. The van der Waals surface area contributed by atoms with Crippen LogP contribution in [-0.4, -0.2) is 19.1 Å². The van der Waals surface area contributed by atoms with Crippen LogP contribution >= 0.6 is 15.9 Å². The van der Waals surface area contributed by atoms with Crippen molar-refractivity contribution in [1.82, 2.24) is 0 Å². The molecule has 1 fully saturated rings. The zero-order valence-electron chi connectivity index (χ0n) is 11.3. The molecule has 0 radical (unpaired) electrons. The fraction of sp³-hybridized carbons (Fsp3) is 0.600. The van der Waals surface area contributed by atoms with E-state index < -0.39 is 0 Å². The molecule has 0 saturated carbocycles. The topological polar surface area (TPSA) is 29.3 Å². The number of halogens is 1. The minimum absolute atomic E-state index is 0.638. The van der Waals surface area contributed by atoms with E-state index in [9.17, 15) is 0 Å². The van der Waals surface area contributed by atoms with Gasteiger partial charge in [0.2, 0.25) is 0 Å². The van der Waals surface area contributed by atoms with Crippen LogP contribution in [0, 0.1) is 5.92 Å². The van der Waals surface area contributed by atoms with E-state index in [-0.39, 0.29) is 0 Å². The van der Waals surface area contributed by atoms with E-state index in [2.05, 4.69) is 52.9 Å². The molecule has 0 aliphatic carbocycles. The summed E-state index contributed by atoms with van der Waals surface area (Å²) >= 11 is 3.56. The molecule has 1 aromatic carbocycles. The first-order chi connectivity index (χ1) is 8.61. The summed E-state index contributed by atoms with van der Waals surface area (Å²) in [7, 11) is 0. The summed E-state index contributed by atoms with van der Waals surface area (Å²) in [5.74, 6) is 0.788. The summed E-state index contributed by atoms with van der Waals surface area (Å²) < 4.78 is 1.15. The Labute approximate surface area is 119 Å². The third-order valence-corrected chi connectivity index (χ3v) is 4.38. The van der Waals surface area contributed by atoms with Crippen LogP contribution in [-0.2, 0) is 6.42 Å². The number of piperidine rings is 1. The lowest BCUT2D eigenvalue weighted by molar-refractivity contribution is 0.390. The third kappa shape index (κ3) is 3.07. The lowest BCUT2D eigenvalue weighted by Crippen LogP contribution is -2.41. The van der Waals surface area contributed by atoms with Gasteiger partial charge in [0.05, 0.1) is 0 Å². The van der Waals surface area contributed by atoms with Gasteiger partial charge in [-0.25, -0.2) is 0 Å². The fourth-order valence-corrected chi connectivity index (χ4v) is 3.22. The molecule has 2 N–H and O–H groups in total. The van der Waals surface area contributed by atoms with Crippen LogP contribution in [0.5, 0.6) is 0 Å². The van der Waals surface area contributed by atoms with Crippen molar-refractivity contribution in [3.63, 3.8) is 0 Å². The van der Waals surface area contributed by atoms with E-state index in [1.807, 2.05) is 0 Å². The van der Waals surface area contributed by atoms with Gasteiger partial charge in [-0.1, -0.05) is 22.9 Å². The van der Waals surface area contributed by atoms with Gasteiger partial charge in [0.25, 0.3) is 0 Å². The van der Waals surface area contributed by atoms with Gasteiger partial charge >= 0.3 is 0 Å². The quantitative estimate of drug-likeness (QED) is 0.924. The van der Waals surface area contributed by atoms with Crippen LogP contribution in [0.1, 0.15) is 32.3 Å². The Kier molecular flexibility index (Phi) is 4.68. The maximum atomic E-state index is 5.74. The van der Waals surface area contributed by atoms with Crippen molar-refractivity contribution >= 4 is 21.6 Å². The highest BCUT2D eigenvalue weighted by atomic mass is 79.9. The molecule has 2 nitrogen and oxygen atoms in total. The number of nitrogens with zero attached hydrogens (tertiary/aromatic N) is 1. The zero-order chi connectivity index (χ0) is 13.1. The van der Waals surface area contributed by atoms with E-state index in [1.54, 1.807) is 0 Å². The molecular formula is C15H23BrN2. The van der Waals surface area contributed by atoms with Gasteiger partial charge in [0, 0.05) is 22.7 Å². The second-order valence-electron chi connectivity index (χ2n) is 5.50. The predicted molar refractivity (Wildman–Crippen MR) is 82.1 cm³/mol. The highest BCUT2D eigenvalue weighted by molar-refractivity contribution is 9.10. The Morgan fingerprint density at radius 1 is 1.33 bits per heavy atom. The Balaban J connectivity index is 2.30. The van der Waals surface area contributed by atoms with E-state index in [0.29, 0.717) is 12.6 Å². The van der Waals surface area contributed by atoms with Crippen molar-refractivity contribution in [2.24, 2.45) is 11.7 Å². The lowest BCUT2D eigenvalue weighted by Gasteiger charge is -2.39. The molecule has 1 aliphatic rings. The van der Waals surface area contributed by atoms with Crippen molar-refractivity contribution in [1.29, 1.82) is 0 Å². The first kappa shape index (κ1) is 13.9. The molecule has 1 aromatic rings. The maximum absolute atomic E-state index is 5.74. The zero-order valence-corrected chi connectivity index (χ0v) is 12.9. The van der Waals surface area contributed by atoms with Gasteiger partial charge in [0.15, 0.2) is 0 Å². The van der Waals surface area contributed by atoms with Crippen LogP contribution in [0.15, 0.2) is 22.7 Å². The summed E-state index contributed by atoms with van der Waals surface area (Å²) in [6, 6.07) is 7.23. The normalized spacial score (nSPS) is 24.3. The molecule has 18 heavy (non-hydrogen) atoms. The number of nitrogens with two attached hydrogens (primary N) is 1. The second kappa shape index (κ2) is 6.07. The molecule has 3 heteroatoms. The van der Waals surface area contributed by atoms with Crippen molar-refractivity contribution < 1.29 is 0 Å². The molecule has 0 bridgehead atoms. The molecule has 1 saturated heterocycles. The smallest absolute Gasteiger partial charge is 0.0402 e. The van der Waals surface area contributed by atoms with Crippen LogP contribution in [0.4, 0.5) is 5.69 Å². The predicted octanol–water partition coefficient (Wildman–Crippen LogP) is 3.58. The standard InChI is InChI=1S/C15H23BrN2/c1-11-3-4-12(2)18(10-11)15-6-5-14(16)9-13(15)7-8-17/h5-6,9,11-12H,3-4,7-8,10,17H2,1-2H3. The summed E-state index contributed by atoms with van der Waals surface area (Å²) in [5, 5.41) is 0. The summed E-state index contributed by atoms with van der Waals surface area (Å²) in [6.07, 6.45) is 3.59. The highest BCUT2D eigenvalue weighted by Gasteiger charge is 2.24. The van der Waals surface area contributed by atoms with Crippen molar-refractivity contribution in [3.05, 3.63) is 28.2 Å². The Hall–Kier alpha value is -0.540. The minimum Gasteiger partial charge on any atom is -0.368 e. The number of hydrogen-bond acceptors (Lipinski definition) is 2. The van der Waals surface area contributed by atoms with Crippen molar-refractivity contribution in [2.75, 3.05) is 18.0 Å². The van der Waals surface area contributed by atoms with E-state index >= 15 is 0 Å². The summed E-state index contributed by atoms with van der Waals surface area (Å²) in [6.45, 7) is 6.56. The molecule has 2 rings (SSSR count). The Morgan fingerprint density at radius 3 is 2.83 bits per heavy atom.